The summed E-state index contributed by atoms with van der Waals surface area (Å²) in [4.78, 5) is 19.8. The number of imidazole rings is 1. The zero-order valence-electron chi connectivity index (χ0n) is 15.8. The van der Waals surface area contributed by atoms with E-state index in [1.165, 1.54) is 16.9 Å². The molecule has 0 atom stereocenters. The molecular formula is C20H12F6N4O2. The molecule has 0 unspecified atom stereocenters. The van der Waals surface area contributed by atoms with E-state index < -0.39 is 29.5 Å². The van der Waals surface area contributed by atoms with Gasteiger partial charge >= 0.3 is 12.4 Å². The maximum absolute atomic E-state index is 13.1. The number of rotatable bonds is 4. The number of pyridine rings is 1. The molecule has 0 spiro atoms. The van der Waals surface area contributed by atoms with Crippen molar-refractivity contribution in [3.05, 3.63) is 77.5 Å². The predicted octanol–water partition coefficient (Wildman–Crippen LogP) is 5.36. The molecule has 0 radical (unpaired) electrons. The average Bonchev–Trinajstić information content (AvgIpc) is 3.35. The second kappa shape index (κ2) is 7.70. The molecule has 32 heavy (non-hydrogen) atoms. The van der Waals surface area contributed by atoms with Crippen LogP contribution in [0.5, 0.6) is 0 Å². The van der Waals surface area contributed by atoms with Crippen LogP contribution in [-0.4, -0.2) is 20.4 Å². The maximum Gasteiger partial charge on any atom is 0.433 e. The number of hydrogen-bond acceptors (Lipinski definition) is 4. The van der Waals surface area contributed by atoms with E-state index in [0.29, 0.717) is 11.8 Å². The van der Waals surface area contributed by atoms with Crippen molar-refractivity contribution in [3.8, 4) is 0 Å². The third-order valence-corrected chi connectivity index (χ3v) is 4.51. The van der Waals surface area contributed by atoms with E-state index >= 15 is 0 Å². The number of carbonyl (C=O) groups excluding carboxylic acids is 1. The fraction of sp³-hybridized carbons (Fsp3) is 0.150. The monoisotopic (exact) mass is 454 g/mol. The Morgan fingerprint density at radius 3 is 2.41 bits per heavy atom. The number of benzene rings is 1. The highest BCUT2D eigenvalue weighted by molar-refractivity contribution is 6.04. The van der Waals surface area contributed by atoms with Crippen LogP contribution < -0.4 is 5.32 Å². The molecule has 1 N–H and O–H groups in total. The minimum Gasteiger partial charge on any atom is -0.467 e. The molecule has 6 nitrogen and oxygen atoms in total. The summed E-state index contributed by atoms with van der Waals surface area (Å²) in [5, 5.41) is 2.41. The topological polar surface area (TPSA) is 73.0 Å². The number of aromatic nitrogens is 3. The lowest BCUT2D eigenvalue weighted by Crippen LogP contribution is -2.17. The minimum atomic E-state index is -4.66. The number of amides is 1. The van der Waals surface area contributed by atoms with Crippen molar-refractivity contribution >= 4 is 22.9 Å². The first kappa shape index (κ1) is 21.4. The van der Waals surface area contributed by atoms with Crippen molar-refractivity contribution in [1.29, 1.82) is 0 Å². The van der Waals surface area contributed by atoms with Gasteiger partial charge in [-0.25, -0.2) is 4.98 Å². The van der Waals surface area contributed by atoms with E-state index in [-0.39, 0.29) is 29.1 Å². The Morgan fingerprint density at radius 2 is 1.81 bits per heavy atom. The van der Waals surface area contributed by atoms with Gasteiger partial charge in [-0.1, -0.05) is 0 Å². The highest BCUT2D eigenvalue weighted by Crippen LogP contribution is 2.32. The highest BCUT2D eigenvalue weighted by atomic mass is 19.4. The van der Waals surface area contributed by atoms with Crippen LogP contribution in [-0.2, 0) is 18.9 Å². The average molecular weight is 454 g/mol. The third kappa shape index (κ3) is 4.29. The first-order chi connectivity index (χ1) is 15.0. The summed E-state index contributed by atoms with van der Waals surface area (Å²) in [6.07, 6.45) is -7.10. The summed E-state index contributed by atoms with van der Waals surface area (Å²) in [6, 6.07) is 7.76. The second-order valence-corrected chi connectivity index (χ2v) is 6.69. The lowest BCUT2D eigenvalue weighted by atomic mass is 10.2. The number of nitrogens with zero attached hydrogens (tertiary/aromatic N) is 3. The van der Waals surface area contributed by atoms with Crippen molar-refractivity contribution < 1.29 is 35.6 Å². The van der Waals surface area contributed by atoms with Gasteiger partial charge in [-0.05, 0) is 42.5 Å². The van der Waals surface area contributed by atoms with E-state index in [4.69, 9.17) is 4.42 Å². The Kier molecular flexibility index (Phi) is 5.15. The molecule has 4 rings (SSSR count). The SMILES string of the molecule is O=C(Nc1nc2cc(C(F)(F)F)ccc2n1Cc1ccco1)c1ccc(C(F)(F)F)nc1. The normalized spacial score (nSPS) is 12.3. The lowest BCUT2D eigenvalue weighted by Gasteiger charge is -2.10. The molecule has 4 aromatic rings. The Morgan fingerprint density at radius 1 is 1.03 bits per heavy atom. The first-order valence-corrected chi connectivity index (χ1v) is 8.97. The van der Waals surface area contributed by atoms with Crippen LogP contribution >= 0.6 is 0 Å². The van der Waals surface area contributed by atoms with Gasteiger partial charge in [0.15, 0.2) is 0 Å². The van der Waals surface area contributed by atoms with Crippen LogP contribution in [0.15, 0.2) is 59.3 Å². The first-order valence-electron chi connectivity index (χ1n) is 8.97. The Balaban J connectivity index is 1.70. The van der Waals surface area contributed by atoms with Gasteiger partial charge in [-0.3, -0.25) is 15.1 Å². The molecule has 0 aliphatic heterocycles. The van der Waals surface area contributed by atoms with E-state index in [2.05, 4.69) is 15.3 Å². The van der Waals surface area contributed by atoms with Crippen LogP contribution in [0.3, 0.4) is 0 Å². The van der Waals surface area contributed by atoms with Crippen LogP contribution in [0.1, 0.15) is 27.4 Å². The molecular weight excluding hydrogens is 442 g/mol. The largest absolute Gasteiger partial charge is 0.467 e. The zero-order valence-corrected chi connectivity index (χ0v) is 15.8. The minimum absolute atomic E-state index is 0.0350. The summed E-state index contributed by atoms with van der Waals surface area (Å²) in [5.41, 5.74) is -2.02. The zero-order chi connectivity index (χ0) is 23.1. The molecule has 1 amide bonds. The predicted molar refractivity (Wildman–Crippen MR) is 99.7 cm³/mol. The Bertz CT molecular complexity index is 1260. The standard InChI is InChI=1S/C20H12F6N4O2/c21-19(22,23)12-4-5-15-14(8-12)28-18(30(15)10-13-2-1-7-32-13)29-17(31)11-3-6-16(27-9-11)20(24,25)26/h1-9H,10H2,(H,28,29,31). The molecule has 0 saturated carbocycles. The number of hydrogen-bond donors (Lipinski definition) is 1. The molecule has 166 valence electrons. The highest BCUT2D eigenvalue weighted by Gasteiger charge is 2.33. The van der Waals surface area contributed by atoms with Gasteiger partial charge in [-0.15, -0.1) is 0 Å². The van der Waals surface area contributed by atoms with E-state index in [0.717, 1.165) is 24.4 Å². The van der Waals surface area contributed by atoms with Crippen LogP contribution in [0.25, 0.3) is 11.0 Å². The molecule has 0 aliphatic rings. The van der Waals surface area contributed by atoms with Gasteiger partial charge in [0.1, 0.15) is 11.5 Å². The van der Waals surface area contributed by atoms with E-state index in [9.17, 15) is 31.1 Å². The number of fused-ring (bicyclic) bond motifs is 1. The quantitative estimate of drug-likeness (QED) is 0.422. The molecule has 3 heterocycles. The van der Waals surface area contributed by atoms with Crippen molar-refractivity contribution in [3.63, 3.8) is 0 Å². The molecule has 0 fully saturated rings. The summed E-state index contributed by atoms with van der Waals surface area (Å²) in [6.45, 7) is 0.0374. The van der Waals surface area contributed by atoms with Gasteiger partial charge in [0.2, 0.25) is 5.95 Å². The number of nitrogens with one attached hydrogen (secondary N) is 1. The van der Waals surface area contributed by atoms with Crippen molar-refractivity contribution in [2.24, 2.45) is 0 Å². The fourth-order valence-electron chi connectivity index (χ4n) is 2.99. The Hall–Kier alpha value is -3.83. The van der Waals surface area contributed by atoms with Crippen molar-refractivity contribution in [1.82, 2.24) is 14.5 Å². The maximum atomic E-state index is 13.1. The van der Waals surface area contributed by atoms with Crippen LogP contribution in [0, 0.1) is 0 Å². The van der Waals surface area contributed by atoms with Crippen molar-refractivity contribution in [2.45, 2.75) is 18.9 Å². The summed E-state index contributed by atoms with van der Waals surface area (Å²) >= 11 is 0. The van der Waals surface area contributed by atoms with Crippen LogP contribution in [0.4, 0.5) is 32.3 Å². The third-order valence-electron chi connectivity index (χ3n) is 4.51. The molecule has 0 aliphatic carbocycles. The number of furan rings is 1. The number of anilines is 1. The molecule has 0 bridgehead atoms. The van der Waals surface area contributed by atoms with Gasteiger partial charge in [0.25, 0.3) is 5.91 Å². The van der Waals surface area contributed by atoms with Gasteiger partial charge in [0, 0.05) is 6.20 Å². The molecule has 3 aromatic heterocycles. The summed E-state index contributed by atoms with van der Waals surface area (Å²) in [5.74, 6) is -0.505. The van der Waals surface area contributed by atoms with Crippen molar-refractivity contribution in [2.75, 3.05) is 5.32 Å². The fourth-order valence-corrected chi connectivity index (χ4v) is 2.99. The smallest absolute Gasteiger partial charge is 0.433 e. The Labute approximate surface area is 175 Å². The van der Waals surface area contributed by atoms with Gasteiger partial charge in [-0.2, -0.15) is 26.3 Å². The number of alkyl halides is 6. The van der Waals surface area contributed by atoms with E-state index in [1.807, 2.05) is 0 Å². The molecule has 12 heteroatoms. The number of halogens is 6. The van der Waals surface area contributed by atoms with Gasteiger partial charge < -0.3 is 8.98 Å². The molecule has 1 aromatic carbocycles. The van der Waals surface area contributed by atoms with Crippen LogP contribution in [0.2, 0.25) is 0 Å². The van der Waals surface area contributed by atoms with Gasteiger partial charge in [0.05, 0.1) is 35.0 Å². The number of carbonyl (C=O) groups is 1. The molecule has 0 saturated heterocycles. The second-order valence-electron chi connectivity index (χ2n) is 6.69. The summed E-state index contributed by atoms with van der Waals surface area (Å²) < 4.78 is 83.9. The lowest BCUT2D eigenvalue weighted by molar-refractivity contribution is -0.141. The summed E-state index contributed by atoms with van der Waals surface area (Å²) in [7, 11) is 0. The van der Waals surface area contributed by atoms with E-state index in [1.54, 1.807) is 12.1 Å².